The van der Waals surface area contributed by atoms with Gasteiger partial charge in [0.1, 0.15) is 0 Å². The molecule has 0 saturated carbocycles. The monoisotopic (exact) mass is 402 g/mol. The summed E-state index contributed by atoms with van der Waals surface area (Å²) >= 11 is 2.21. The van der Waals surface area contributed by atoms with Crippen LogP contribution in [-0.2, 0) is 4.79 Å². The van der Waals surface area contributed by atoms with Crippen LogP contribution in [0.4, 0.5) is 10.5 Å². The van der Waals surface area contributed by atoms with Crippen LogP contribution in [0.1, 0.15) is 26.2 Å². The molecular formula is C15H19IN2O3. The molecule has 0 spiro atoms. The van der Waals surface area contributed by atoms with Gasteiger partial charge in [0.25, 0.3) is 0 Å². The van der Waals surface area contributed by atoms with Gasteiger partial charge in [-0.2, -0.15) is 0 Å². The summed E-state index contributed by atoms with van der Waals surface area (Å²) in [6, 6.07) is 7.41. The molecule has 1 aliphatic rings. The maximum Gasteiger partial charge on any atom is 0.321 e. The number of likely N-dealkylation sites (tertiary alicyclic amines) is 1. The van der Waals surface area contributed by atoms with E-state index >= 15 is 0 Å². The Morgan fingerprint density at radius 1 is 1.29 bits per heavy atom. The van der Waals surface area contributed by atoms with Crippen LogP contribution in [0, 0.1) is 8.99 Å². The van der Waals surface area contributed by atoms with Gasteiger partial charge in [0, 0.05) is 22.3 Å². The van der Waals surface area contributed by atoms with Gasteiger partial charge < -0.3 is 15.3 Å². The average Bonchev–Trinajstić information content (AvgIpc) is 2.49. The molecule has 0 radical (unpaired) electrons. The number of nitrogens with one attached hydrogen (secondary N) is 1. The van der Waals surface area contributed by atoms with Crippen molar-refractivity contribution in [1.29, 1.82) is 0 Å². The second kappa shape index (κ2) is 6.64. The molecule has 5 nitrogen and oxygen atoms in total. The Bertz CT molecular complexity index is 522. The Morgan fingerprint density at radius 3 is 2.33 bits per heavy atom. The van der Waals surface area contributed by atoms with Crippen LogP contribution in [0.3, 0.4) is 0 Å². The first-order valence-electron chi connectivity index (χ1n) is 7.02. The van der Waals surface area contributed by atoms with Crippen molar-refractivity contribution in [2.24, 2.45) is 5.41 Å². The highest BCUT2D eigenvalue weighted by molar-refractivity contribution is 14.1. The highest BCUT2D eigenvalue weighted by Gasteiger charge is 2.40. The number of halogens is 1. The summed E-state index contributed by atoms with van der Waals surface area (Å²) in [5, 5.41) is 12.2. The van der Waals surface area contributed by atoms with Gasteiger partial charge in [0.2, 0.25) is 0 Å². The molecule has 21 heavy (non-hydrogen) atoms. The number of carboxylic acids is 1. The second-order valence-corrected chi connectivity index (χ2v) is 6.61. The highest BCUT2D eigenvalue weighted by Crippen LogP contribution is 2.35. The Morgan fingerprint density at radius 2 is 1.86 bits per heavy atom. The molecule has 2 N–H and O–H groups in total. The minimum Gasteiger partial charge on any atom is -0.481 e. The molecule has 1 fully saturated rings. The van der Waals surface area contributed by atoms with Gasteiger partial charge in [-0.05, 0) is 66.1 Å². The molecular weight excluding hydrogens is 383 g/mol. The lowest BCUT2D eigenvalue weighted by atomic mass is 9.76. The Hall–Kier alpha value is -1.31. The van der Waals surface area contributed by atoms with Crippen LogP contribution in [-0.4, -0.2) is 35.1 Å². The van der Waals surface area contributed by atoms with Gasteiger partial charge in [-0.1, -0.05) is 6.92 Å². The van der Waals surface area contributed by atoms with Crippen molar-refractivity contribution in [3.63, 3.8) is 0 Å². The Balaban J connectivity index is 1.94. The fourth-order valence-electron chi connectivity index (χ4n) is 2.59. The second-order valence-electron chi connectivity index (χ2n) is 5.36. The maximum atomic E-state index is 12.2. The van der Waals surface area contributed by atoms with Crippen LogP contribution in [0.2, 0.25) is 0 Å². The number of anilines is 1. The standard InChI is InChI=1S/C15H19IN2O3/c1-2-15(13(19)20)7-9-18(10-8-15)14(21)17-12-5-3-11(16)4-6-12/h3-6H,2,7-10H2,1H3,(H,17,21)(H,19,20). The molecule has 1 aliphatic heterocycles. The lowest BCUT2D eigenvalue weighted by molar-refractivity contribution is -0.151. The largest absolute Gasteiger partial charge is 0.481 e. The lowest BCUT2D eigenvalue weighted by Gasteiger charge is -2.38. The van der Waals surface area contributed by atoms with E-state index in [2.05, 4.69) is 27.9 Å². The van der Waals surface area contributed by atoms with Crippen molar-refractivity contribution >= 4 is 40.3 Å². The van der Waals surface area contributed by atoms with Crippen molar-refractivity contribution in [1.82, 2.24) is 4.90 Å². The molecule has 0 atom stereocenters. The van der Waals surface area contributed by atoms with E-state index in [0.29, 0.717) is 32.4 Å². The zero-order chi connectivity index (χ0) is 15.5. The molecule has 2 amide bonds. The predicted octanol–water partition coefficient (Wildman–Crippen LogP) is 3.40. The van der Waals surface area contributed by atoms with Gasteiger partial charge in [0.15, 0.2) is 0 Å². The van der Waals surface area contributed by atoms with E-state index in [1.807, 2.05) is 31.2 Å². The van der Waals surface area contributed by atoms with E-state index < -0.39 is 11.4 Å². The molecule has 1 saturated heterocycles. The fraction of sp³-hybridized carbons (Fsp3) is 0.467. The number of carboxylic acid groups (broad SMARTS) is 1. The number of rotatable bonds is 3. The number of carbonyl (C=O) groups is 2. The third kappa shape index (κ3) is 3.66. The summed E-state index contributed by atoms with van der Waals surface area (Å²) < 4.78 is 1.11. The van der Waals surface area contributed by atoms with Crippen LogP contribution < -0.4 is 5.32 Å². The first kappa shape index (κ1) is 16.1. The van der Waals surface area contributed by atoms with Gasteiger partial charge in [0.05, 0.1) is 5.41 Å². The SMILES string of the molecule is CCC1(C(=O)O)CCN(C(=O)Nc2ccc(I)cc2)CC1. The predicted molar refractivity (Wildman–Crippen MR) is 89.3 cm³/mol. The number of hydrogen-bond donors (Lipinski definition) is 2. The zero-order valence-corrected chi connectivity index (χ0v) is 14.1. The van der Waals surface area contributed by atoms with E-state index in [1.54, 1.807) is 4.90 Å². The van der Waals surface area contributed by atoms with Crippen LogP contribution in [0.25, 0.3) is 0 Å². The molecule has 1 heterocycles. The van der Waals surface area contributed by atoms with E-state index in [1.165, 1.54) is 0 Å². The molecule has 114 valence electrons. The molecule has 0 aromatic heterocycles. The first-order valence-corrected chi connectivity index (χ1v) is 8.09. The molecule has 0 unspecified atom stereocenters. The first-order chi connectivity index (χ1) is 9.97. The minimum atomic E-state index is -0.748. The van der Waals surface area contributed by atoms with Crippen molar-refractivity contribution < 1.29 is 14.7 Å². The minimum absolute atomic E-state index is 0.161. The van der Waals surface area contributed by atoms with E-state index in [0.717, 1.165) is 9.26 Å². The van der Waals surface area contributed by atoms with E-state index in [-0.39, 0.29) is 6.03 Å². The summed E-state index contributed by atoms with van der Waals surface area (Å²) in [6.45, 7) is 2.86. The number of amides is 2. The average molecular weight is 402 g/mol. The molecule has 2 rings (SSSR count). The summed E-state index contributed by atoms with van der Waals surface area (Å²) in [5.41, 5.74) is 0.0885. The van der Waals surface area contributed by atoms with Crippen molar-refractivity contribution in [2.75, 3.05) is 18.4 Å². The summed E-state index contributed by atoms with van der Waals surface area (Å²) in [7, 11) is 0. The van der Waals surface area contributed by atoms with Gasteiger partial charge >= 0.3 is 12.0 Å². The number of hydrogen-bond acceptors (Lipinski definition) is 2. The number of carbonyl (C=O) groups excluding carboxylic acids is 1. The lowest BCUT2D eigenvalue weighted by Crippen LogP contribution is -2.47. The summed E-state index contributed by atoms with van der Waals surface area (Å²) in [5.74, 6) is -0.748. The highest BCUT2D eigenvalue weighted by atomic mass is 127. The molecule has 1 aromatic rings. The van der Waals surface area contributed by atoms with Crippen LogP contribution in [0.15, 0.2) is 24.3 Å². The van der Waals surface area contributed by atoms with E-state index in [9.17, 15) is 14.7 Å². The van der Waals surface area contributed by atoms with Gasteiger partial charge in [-0.15, -0.1) is 0 Å². The third-order valence-electron chi connectivity index (χ3n) is 4.23. The Kier molecular flexibility index (Phi) is 5.08. The molecule has 0 aliphatic carbocycles. The number of urea groups is 1. The van der Waals surface area contributed by atoms with Crippen molar-refractivity contribution in [2.45, 2.75) is 26.2 Å². The number of nitrogens with zero attached hydrogens (tertiary/aromatic N) is 1. The molecule has 6 heteroatoms. The van der Waals surface area contributed by atoms with Gasteiger partial charge in [-0.25, -0.2) is 4.79 Å². The van der Waals surface area contributed by atoms with Crippen molar-refractivity contribution in [3.05, 3.63) is 27.8 Å². The summed E-state index contributed by atoms with van der Waals surface area (Å²) in [4.78, 5) is 25.3. The number of benzene rings is 1. The van der Waals surface area contributed by atoms with Crippen molar-refractivity contribution in [3.8, 4) is 0 Å². The number of piperidine rings is 1. The topological polar surface area (TPSA) is 69.6 Å². The quantitative estimate of drug-likeness (QED) is 0.762. The van der Waals surface area contributed by atoms with Crippen LogP contribution >= 0.6 is 22.6 Å². The number of aliphatic carboxylic acids is 1. The van der Waals surface area contributed by atoms with E-state index in [4.69, 9.17) is 0 Å². The third-order valence-corrected chi connectivity index (χ3v) is 4.95. The van der Waals surface area contributed by atoms with Crippen LogP contribution in [0.5, 0.6) is 0 Å². The zero-order valence-electron chi connectivity index (χ0n) is 11.9. The maximum absolute atomic E-state index is 12.2. The smallest absolute Gasteiger partial charge is 0.321 e. The Labute approximate surface area is 137 Å². The molecule has 1 aromatic carbocycles. The molecule has 0 bridgehead atoms. The van der Waals surface area contributed by atoms with Gasteiger partial charge in [-0.3, -0.25) is 4.79 Å². The fourth-order valence-corrected chi connectivity index (χ4v) is 2.95. The normalized spacial score (nSPS) is 17.3. The summed E-state index contributed by atoms with van der Waals surface area (Å²) in [6.07, 6.45) is 1.63.